The van der Waals surface area contributed by atoms with E-state index in [2.05, 4.69) is 10.3 Å². The van der Waals surface area contributed by atoms with Crippen LogP contribution >= 0.6 is 11.6 Å². The van der Waals surface area contributed by atoms with Gasteiger partial charge in [0.15, 0.2) is 6.10 Å². The Morgan fingerprint density at radius 2 is 1.92 bits per heavy atom. The van der Waals surface area contributed by atoms with Gasteiger partial charge in [-0.15, -0.1) is 0 Å². The molecule has 2 aromatic rings. The van der Waals surface area contributed by atoms with E-state index in [9.17, 15) is 18.8 Å². The Morgan fingerprint density at radius 1 is 1.24 bits per heavy atom. The van der Waals surface area contributed by atoms with Gasteiger partial charge in [-0.05, 0) is 43.3 Å². The molecule has 1 aromatic carbocycles. The summed E-state index contributed by atoms with van der Waals surface area (Å²) in [6.45, 7) is 0.956. The Kier molecular flexibility index (Phi) is 6.19. The summed E-state index contributed by atoms with van der Waals surface area (Å²) < 4.78 is 17.8. The quantitative estimate of drug-likeness (QED) is 0.628. The normalized spacial score (nSPS) is 11.5. The molecule has 0 saturated heterocycles. The number of amides is 1. The largest absolute Gasteiger partial charge is 0.453 e. The zero-order chi connectivity index (χ0) is 18.4. The Labute approximate surface area is 148 Å². The second-order valence-corrected chi connectivity index (χ2v) is 5.48. The molecule has 0 unspecified atom stereocenters. The first kappa shape index (κ1) is 18.5. The minimum absolute atomic E-state index is 0.0516. The van der Waals surface area contributed by atoms with Gasteiger partial charge in [0.1, 0.15) is 18.1 Å². The zero-order valence-electron chi connectivity index (χ0n) is 13.2. The molecule has 1 heterocycles. The fraction of sp³-hybridized carbons (Fsp3) is 0.176. The van der Waals surface area contributed by atoms with E-state index in [0.717, 1.165) is 12.1 Å². The number of ketones is 1. The highest BCUT2D eigenvalue weighted by atomic mass is 35.5. The van der Waals surface area contributed by atoms with Gasteiger partial charge in [0.05, 0.1) is 0 Å². The molecule has 0 fully saturated rings. The molecule has 0 aliphatic rings. The molecule has 0 spiro atoms. The summed E-state index contributed by atoms with van der Waals surface area (Å²) in [5, 5.41) is 2.66. The maximum absolute atomic E-state index is 12.9. The molecule has 0 radical (unpaired) electrons. The van der Waals surface area contributed by atoms with Gasteiger partial charge in [0.25, 0.3) is 5.91 Å². The van der Waals surface area contributed by atoms with E-state index >= 15 is 0 Å². The van der Waals surface area contributed by atoms with Crippen LogP contribution in [0.25, 0.3) is 0 Å². The lowest BCUT2D eigenvalue weighted by atomic mass is 10.1. The van der Waals surface area contributed by atoms with Crippen molar-refractivity contribution >= 4 is 29.3 Å². The highest BCUT2D eigenvalue weighted by Crippen LogP contribution is 2.09. The minimum atomic E-state index is -1.07. The molecule has 130 valence electrons. The number of aromatic nitrogens is 1. The number of benzene rings is 1. The summed E-state index contributed by atoms with van der Waals surface area (Å²) in [6, 6.07) is 7.74. The number of nitrogens with one attached hydrogen (secondary N) is 1. The number of rotatable bonds is 6. The van der Waals surface area contributed by atoms with Gasteiger partial charge in [-0.25, -0.2) is 4.39 Å². The van der Waals surface area contributed by atoms with Gasteiger partial charge in [-0.2, -0.15) is 0 Å². The van der Waals surface area contributed by atoms with Gasteiger partial charge in [-0.3, -0.25) is 19.4 Å². The third-order valence-corrected chi connectivity index (χ3v) is 3.39. The molecule has 0 saturated carbocycles. The number of nitrogens with zero attached hydrogens (tertiary/aromatic N) is 1. The second kappa shape index (κ2) is 8.34. The van der Waals surface area contributed by atoms with Crippen LogP contribution in [0.2, 0.25) is 5.02 Å². The third-order valence-electron chi connectivity index (χ3n) is 3.15. The Balaban J connectivity index is 1.86. The lowest BCUT2D eigenvalue weighted by Crippen LogP contribution is -2.34. The van der Waals surface area contributed by atoms with Gasteiger partial charge < -0.3 is 10.1 Å². The molecule has 25 heavy (non-hydrogen) atoms. The van der Waals surface area contributed by atoms with Gasteiger partial charge in [-0.1, -0.05) is 11.6 Å². The zero-order valence-corrected chi connectivity index (χ0v) is 13.9. The van der Waals surface area contributed by atoms with Crippen molar-refractivity contribution in [1.29, 1.82) is 0 Å². The summed E-state index contributed by atoms with van der Waals surface area (Å²) >= 11 is 5.75. The lowest BCUT2D eigenvalue weighted by Gasteiger charge is -2.12. The monoisotopic (exact) mass is 364 g/mol. The van der Waals surface area contributed by atoms with Crippen LogP contribution in [0, 0.1) is 5.82 Å². The van der Waals surface area contributed by atoms with Crippen molar-refractivity contribution in [3.05, 3.63) is 64.7 Å². The molecular weight excluding hydrogens is 351 g/mol. The molecule has 1 atom stereocenters. The number of esters is 1. The number of ether oxygens (including phenoxy) is 1. The summed E-state index contributed by atoms with van der Waals surface area (Å²) in [7, 11) is 0. The fourth-order valence-electron chi connectivity index (χ4n) is 1.91. The average Bonchev–Trinajstić information content (AvgIpc) is 2.59. The standard InChI is InChI=1S/C17H14ClFN2O4/c1-10(16(23)11-2-4-13(19)5-3-11)25-15(22)9-21-17(24)14-8-12(18)6-7-20-14/h2-8,10H,9H2,1H3,(H,21,24)/t10-/m1/s1. The van der Waals surface area contributed by atoms with E-state index in [-0.39, 0.29) is 11.3 Å². The SMILES string of the molecule is C[C@@H](OC(=O)CNC(=O)c1cc(Cl)ccn1)C(=O)c1ccc(F)cc1. The molecule has 2 rings (SSSR count). The summed E-state index contributed by atoms with van der Waals surface area (Å²) in [5.41, 5.74) is 0.268. The van der Waals surface area contributed by atoms with Gasteiger partial charge in [0.2, 0.25) is 5.78 Å². The Hall–Kier alpha value is -2.80. The van der Waals surface area contributed by atoms with Crippen LogP contribution in [0.4, 0.5) is 4.39 Å². The first-order valence-corrected chi connectivity index (χ1v) is 7.63. The third kappa shape index (κ3) is 5.36. The predicted octanol–water partition coefficient (Wildman–Crippen LogP) is 2.42. The smallest absolute Gasteiger partial charge is 0.326 e. The van der Waals surface area contributed by atoms with Crippen molar-refractivity contribution in [3.63, 3.8) is 0 Å². The van der Waals surface area contributed by atoms with Crippen LogP contribution in [0.15, 0.2) is 42.6 Å². The van der Waals surface area contributed by atoms with Crippen LogP contribution in [-0.4, -0.2) is 35.3 Å². The van der Waals surface area contributed by atoms with Gasteiger partial charge >= 0.3 is 5.97 Å². The van der Waals surface area contributed by atoms with E-state index in [1.54, 1.807) is 0 Å². The lowest BCUT2D eigenvalue weighted by molar-refractivity contribution is -0.145. The number of carbonyl (C=O) groups is 3. The van der Waals surface area contributed by atoms with Crippen LogP contribution in [-0.2, 0) is 9.53 Å². The summed E-state index contributed by atoms with van der Waals surface area (Å²) in [4.78, 5) is 39.5. The first-order chi connectivity index (χ1) is 11.9. The van der Waals surface area contributed by atoms with Crippen molar-refractivity contribution < 1.29 is 23.5 Å². The molecular formula is C17H14ClFN2O4. The molecule has 1 N–H and O–H groups in total. The predicted molar refractivity (Wildman–Crippen MR) is 87.9 cm³/mol. The van der Waals surface area contributed by atoms with Crippen molar-refractivity contribution in [3.8, 4) is 0 Å². The van der Waals surface area contributed by atoms with Crippen LogP contribution in [0.3, 0.4) is 0 Å². The number of hydrogen-bond donors (Lipinski definition) is 1. The molecule has 8 heteroatoms. The van der Waals surface area contributed by atoms with E-state index in [1.807, 2.05) is 0 Å². The van der Waals surface area contributed by atoms with E-state index in [4.69, 9.17) is 16.3 Å². The van der Waals surface area contributed by atoms with Crippen molar-refractivity contribution in [2.24, 2.45) is 0 Å². The molecule has 0 aliphatic heterocycles. The van der Waals surface area contributed by atoms with Gasteiger partial charge in [0, 0.05) is 16.8 Å². The highest BCUT2D eigenvalue weighted by molar-refractivity contribution is 6.30. The summed E-state index contributed by atoms with van der Waals surface area (Å²) in [5.74, 6) is -2.34. The average molecular weight is 365 g/mol. The number of carbonyl (C=O) groups excluding carboxylic acids is 3. The number of hydrogen-bond acceptors (Lipinski definition) is 5. The summed E-state index contributed by atoms with van der Waals surface area (Å²) in [6.07, 6.45) is 0.290. The molecule has 6 nitrogen and oxygen atoms in total. The molecule has 1 aromatic heterocycles. The number of Topliss-reactive ketones (excluding diaryl/α,β-unsaturated/α-hetero) is 1. The minimum Gasteiger partial charge on any atom is -0.453 e. The Morgan fingerprint density at radius 3 is 2.56 bits per heavy atom. The van der Waals surface area contributed by atoms with E-state index in [0.29, 0.717) is 5.02 Å². The highest BCUT2D eigenvalue weighted by Gasteiger charge is 2.20. The van der Waals surface area contributed by atoms with E-state index in [1.165, 1.54) is 37.4 Å². The van der Waals surface area contributed by atoms with Crippen LogP contribution in [0.5, 0.6) is 0 Å². The molecule has 0 aliphatic carbocycles. The fourth-order valence-corrected chi connectivity index (χ4v) is 2.07. The van der Waals surface area contributed by atoms with Crippen LogP contribution < -0.4 is 5.32 Å². The second-order valence-electron chi connectivity index (χ2n) is 5.05. The first-order valence-electron chi connectivity index (χ1n) is 7.26. The number of pyridine rings is 1. The molecule has 0 bridgehead atoms. The maximum atomic E-state index is 12.9. The van der Waals surface area contributed by atoms with Crippen molar-refractivity contribution in [2.75, 3.05) is 6.54 Å². The Bertz CT molecular complexity index is 795. The van der Waals surface area contributed by atoms with Crippen LogP contribution in [0.1, 0.15) is 27.8 Å². The van der Waals surface area contributed by atoms with Crippen molar-refractivity contribution in [2.45, 2.75) is 13.0 Å². The van der Waals surface area contributed by atoms with E-state index < -0.39 is 36.1 Å². The maximum Gasteiger partial charge on any atom is 0.326 e. The molecule has 1 amide bonds. The topological polar surface area (TPSA) is 85.4 Å². The van der Waals surface area contributed by atoms with Crippen molar-refractivity contribution in [1.82, 2.24) is 10.3 Å². The number of halogens is 2.